The van der Waals surface area contributed by atoms with Gasteiger partial charge in [-0.25, -0.2) is 9.67 Å². The number of hydrogen-bond donors (Lipinski definition) is 1. The van der Waals surface area contributed by atoms with Crippen molar-refractivity contribution in [2.75, 3.05) is 13.1 Å². The summed E-state index contributed by atoms with van der Waals surface area (Å²) < 4.78 is 1.83. The number of rotatable bonds is 4. The van der Waals surface area contributed by atoms with E-state index in [0.717, 1.165) is 32.2 Å². The van der Waals surface area contributed by atoms with Gasteiger partial charge in [0.25, 0.3) is 0 Å². The third-order valence-corrected chi connectivity index (χ3v) is 4.77. The molecule has 2 aliphatic rings. The average Bonchev–Trinajstić information content (AvgIpc) is 3.22. The molecule has 2 fully saturated rings. The van der Waals surface area contributed by atoms with Crippen LogP contribution < -0.4 is 5.32 Å². The number of carbonyl (C=O) groups excluding carboxylic acids is 2. The van der Waals surface area contributed by atoms with Crippen LogP contribution in [0.3, 0.4) is 0 Å². The number of likely N-dealkylation sites (tertiary alicyclic amines) is 1. The molecule has 0 spiro atoms. The highest BCUT2D eigenvalue weighted by Crippen LogP contribution is 2.41. The normalized spacial score (nSPS) is 24.6. The molecule has 2 heterocycles. The molecule has 2 atom stereocenters. The molecule has 0 aromatic carbocycles. The topological polar surface area (TPSA) is 80.1 Å². The van der Waals surface area contributed by atoms with Gasteiger partial charge < -0.3 is 10.2 Å². The lowest BCUT2D eigenvalue weighted by Gasteiger charge is -2.39. The number of nitrogens with one attached hydrogen (secondary N) is 1. The van der Waals surface area contributed by atoms with E-state index in [2.05, 4.69) is 15.4 Å². The Bertz CT molecular complexity index is 554. The Morgan fingerprint density at radius 1 is 1.32 bits per heavy atom. The van der Waals surface area contributed by atoms with Crippen molar-refractivity contribution in [2.24, 2.45) is 5.92 Å². The standard InChI is InChI=1S/C15H23N5O2/c1-11(21)18-15(2,12-5-6-12)14(22)19-7-3-4-13(8-19)20-10-16-9-17-20/h9-10,12-13H,3-8H2,1-2H3,(H,18,21). The summed E-state index contributed by atoms with van der Waals surface area (Å²) in [5.74, 6) is 0.151. The molecule has 3 rings (SSSR count). The maximum Gasteiger partial charge on any atom is 0.248 e. The van der Waals surface area contributed by atoms with Crippen LogP contribution in [0, 0.1) is 5.92 Å². The summed E-state index contributed by atoms with van der Waals surface area (Å²) in [6.07, 6.45) is 7.16. The first kappa shape index (κ1) is 15.0. The Morgan fingerprint density at radius 3 is 2.68 bits per heavy atom. The molecule has 1 aliphatic heterocycles. The molecular formula is C15H23N5O2. The van der Waals surface area contributed by atoms with Crippen LogP contribution in [-0.4, -0.2) is 50.1 Å². The minimum absolute atomic E-state index is 0.0371. The van der Waals surface area contributed by atoms with Gasteiger partial charge in [-0.2, -0.15) is 5.10 Å². The first-order chi connectivity index (χ1) is 10.5. The average molecular weight is 305 g/mol. The minimum atomic E-state index is -0.768. The molecule has 1 aliphatic carbocycles. The second kappa shape index (κ2) is 5.70. The van der Waals surface area contributed by atoms with Crippen molar-refractivity contribution in [2.45, 2.75) is 51.1 Å². The van der Waals surface area contributed by atoms with E-state index >= 15 is 0 Å². The summed E-state index contributed by atoms with van der Waals surface area (Å²) >= 11 is 0. The number of carbonyl (C=O) groups is 2. The molecule has 7 nitrogen and oxygen atoms in total. The van der Waals surface area contributed by atoms with Gasteiger partial charge in [0.1, 0.15) is 18.2 Å². The van der Waals surface area contributed by atoms with Gasteiger partial charge in [0, 0.05) is 20.0 Å². The van der Waals surface area contributed by atoms with Crippen LogP contribution in [0.25, 0.3) is 0 Å². The summed E-state index contributed by atoms with van der Waals surface area (Å²) in [6, 6.07) is 0.168. The Balaban J connectivity index is 1.74. The summed E-state index contributed by atoms with van der Waals surface area (Å²) in [5, 5.41) is 7.09. The summed E-state index contributed by atoms with van der Waals surface area (Å²) in [4.78, 5) is 30.4. The second-order valence-electron chi connectivity index (χ2n) is 6.58. The monoisotopic (exact) mass is 305 g/mol. The first-order valence-corrected chi connectivity index (χ1v) is 7.93. The van der Waals surface area contributed by atoms with Crippen LogP contribution in [0.5, 0.6) is 0 Å². The Labute approximate surface area is 130 Å². The van der Waals surface area contributed by atoms with Crippen molar-refractivity contribution in [3.8, 4) is 0 Å². The highest BCUT2D eigenvalue weighted by atomic mass is 16.2. The molecule has 1 saturated heterocycles. The third-order valence-electron chi connectivity index (χ3n) is 4.77. The van der Waals surface area contributed by atoms with Gasteiger partial charge in [-0.05, 0) is 38.5 Å². The van der Waals surface area contributed by atoms with Gasteiger partial charge >= 0.3 is 0 Å². The summed E-state index contributed by atoms with van der Waals surface area (Å²) in [7, 11) is 0. The number of aromatic nitrogens is 3. The van der Waals surface area contributed by atoms with Crippen molar-refractivity contribution in [3.05, 3.63) is 12.7 Å². The Morgan fingerprint density at radius 2 is 2.09 bits per heavy atom. The van der Waals surface area contributed by atoms with E-state index in [9.17, 15) is 9.59 Å². The van der Waals surface area contributed by atoms with Crippen molar-refractivity contribution in [1.82, 2.24) is 25.0 Å². The lowest BCUT2D eigenvalue weighted by molar-refractivity contribution is -0.143. The second-order valence-corrected chi connectivity index (χ2v) is 6.58. The van der Waals surface area contributed by atoms with Crippen LogP contribution in [0.1, 0.15) is 45.6 Å². The molecule has 2 amide bonds. The molecular weight excluding hydrogens is 282 g/mol. The maximum atomic E-state index is 13.0. The third kappa shape index (κ3) is 2.84. The predicted octanol–water partition coefficient (Wildman–Crippen LogP) is 0.746. The first-order valence-electron chi connectivity index (χ1n) is 7.93. The molecule has 22 heavy (non-hydrogen) atoms. The summed E-state index contributed by atoms with van der Waals surface area (Å²) in [5.41, 5.74) is -0.768. The molecule has 1 aromatic heterocycles. The van der Waals surface area contributed by atoms with Gasteiger partial charge in [0.05, 0.1) is 6.04 Å². The minimum Gasteiger partial charge on any atom is -0.342 e. The van der Waals surface area contributed by atoms with Crippen LogP contribution in [-0.2, 0) is 9.59 Å². The zero-order valence-electron chi connectivity index (χ0n) is 13.2. The predicted molar refractivity (Wildman–Crippen MR) is 79.8 cm³/mol. The van der Waals surface area contributed by atoms with E-state index in [1.54, 1.807) is 6.33 Å². The molecule has 2 unspecified atom stereocenters. The van der Waals surface area contributed by atoms with E-state index in [4.69, 9.17) is 0 Å². The van der Waals surface area contributed by atoms with Gasteiger partial charge in [-0.1, -0.05) is 0 Å². The van der Waals surface area contributed by atoms with Gasteiger partial charge in [-0.3, -0.25) is 9.59 Å². The number of piperidine rings is 1. The highest BCUT2D eigenvalue weighted by Gasteiger charge is 2.50. The van der Waals surface area contributed by atoms with Crippen molar-refractivity contribution < 1.29 is 9.59 Å². The fourth-order valence-corrected chi connectivity index (χ4v) is 3.45. The van der Waals surface area contributed by atoms with Crippen molar-refractivity contribution >= 4 is 11.8 Å². The van der Waals surface area contributed by atoms with Gasteiger partial charge in [0.2, 0.25) is 11.8 Å². The van der Waals surface area contributed by atoms with E-state index in [1.165, 1.54) is 13.3 Å². The SMILES string of the molecule is CC(=O)NC(C)(C(=O)N1CCCC(n2cncn2)C1)C1CC1. The lowest BCUT2D eigenvalue weighted by Crippen LogP contribution is -2.60. The molecule has 7 heteroatoms. The largest absolute Gasteiger partial charge is 0.342 e. The van der Waals surface area contributed by atoms with E-state index < -0.39 is 5.54 Å². The van der Waals surface area contributed by atoms with Gasteiger partial charge in [-0.15, -0.1) is 0 Å². The Kier molecular flexibility index (Phi) is 3.88. The van der Waals surface area contributed by atoms with Crippen LogP contribution in [0.4, 0.5) is 0 Å². The molecule has 120 valence electrons. The van der Waals surface area contributed by atoms with E-state index in [-0.39, 0.29) is 23.8 Å². The Hall–Kier alpha value is -1.92. The molecule has 1 saturated carbocycles. The highest BCUT2D eigenvalue weighted by molar-refractivity contribution is 5.91. The quantitative estimate of drug-likeness (QED) is 0.890. The summed E-state index contributed by atoms with van der Waals surface area (Å²) in [6.45, 7) is 4.71. The fraction of sp³-hybridized carbons (Fsp3) is 0.733. The van der Waals surface area contributed by atoms with Crippen LogP contribution >= 0.6 is 0 Å². The van der Waals surface area contributed by atoms with Crippen molar-refractivity contribution in [3.63, 3.8) is 0 Å². The zero-order chi connectivity index (χ0) is 15.7. The number of amides is 2. The van der Waals surface area contributed by atoms with Crippen LogP contribution in [0.2, 0.25) is 0 Å². The fourth-order valence-electron chi connectivity index (χ4n) is 3.45. The maximum absolute atomic E-state index is 13.0. The smallest absolute Gasteiger partial charge is 0.248 e. The van der Waals surface area contributed by atoms with Crippen molar-refractivity contribution in [1.29, 1.82) is 0 Å². The van der Waals surface area contributed by atoms with Crippen LogP contribution in [0.15, 0.2) is 12.7 Å². The molecule has 0 radical (unpaired) electrons. The van der Waals surface area contributed by atoms with Gasteiger partial charge in [0.15, 0.2) is 0 Å². The number of nitrogens with zero attached hydrogens (tertiary/aromatic N) is 4. The van der Waals surface area contributed by atoms with E-state index in [0.29, 0.717) is 6.54 Å². The molecule has 1 aromatic rings. The molecule has 0 bridgehead atoms. The lowest BCUT2D eigenvalue weighted by atomic mass is 9.92. The molecule has 1 N–H and O–H groups in total. The van der Waals surface area contributed by atoms with E-state index in [1.807, 2.05) is 16.5 Å². The zero-order valence-corrected chi connectivity index (χ0v) is 13.2. The number of hydrogen-bond acceptors (Lipinski definition) is 4.